The van der Waals surface area contributed by atoms with Gasteiger partial charge in [-0.15, -0.1) is 0 Å². The molecule has 1 aromatic carbocycles. The Balaban J connectivity index is 1.82. The average Bonchev–Trinajstić information content (AvgIpc) is 3.21. The van der Waals surface area contributed by atoms with Crippen molar-refractivity contribution in [2.24, 2.45) is 5.92 Å². The molecule has 1 atom stereocenters. The number of hydrogen-bond donors (Lipinski definition) is 2. The van der Waals surface area contributed by atoms with Crippen molar-refractivity contribution in [3.05, 3.63) is 35.9 Å². The maximum atomic E-state index is 11.9. The van der Waals surface area contributed by atoms with E-state index in [1.165, 1.54) is 0 Å². The first kappa shape index (κ1) is 14.5. The lowest BCUT2D eigenvalue weighted by Crippen LogP contribution is -2.43. The summed E-state index contributed by atoms with van der Waals surface area (Å²) in [4.78, 5) is 0. The highest BCUT2D eigenvalue weighted by atomic mass is 32.2. The van der Waals surface area contributed by atoms with Crippen LogP contribution in [-0.2, 0) is 16.4 Å². The minimum Gasteiger partial charge on any atom is -0.389 e. The number of benzene rings is 1. The third-order valence-electron chi connectivity index (χ3n) is 3.61. The van der Waals surface area contributed by atoms with E-state index in [1.807, 2.05) is 30.3 Å². The summed E-state index contributed by atoms with van der Waals surface area (Å²) in [6.07, 6.45) is 2.46. The predicted molar refractivity (Wildman–Crippen MR) is 75.3 cm³/mol. The fourth-order valence-electron chi connectivity index (χ4n) is 2.07. The molecule has 0 radical (unpaired) electrons. The van der Waals surface area contributed by atoms with E-state index in [1.54, 1.807) is 6.92 Å². The topological polar surface area (TPSA) is 66.4 Å². The van der Waals surface area contributed by atoms with Crippen molar-refractivity contribution in [2.75, 3.05) is 12.3 Å². The quantitative estimate of drug-likeness (QED) is 0.793. The van der Waals surface area contributed by atoms with Gasteiger partial charge in [0.1, 0.15) is 0 Å². The second kappa shape index (κ2) is 5.61. The molecule has 0 aromatic heterocycles. The van der Waals surface area contributed by atoms with Gasteiger partial charge in [-0.1, -0.05) is 30.3 Å². The summed E-state index contributed by atoms with van der Waals surface area (Å²) in [5.41, 5.74) is 0.0848. The lowest BCUT2D eigenvalue weighted by molar-refractivity contribution is 0.0422. The Morgan fingerprint density at radius 3 is 2.53 bits per heavy atom. The van der Waals surface area contributed by atoms with Crippen molar-refractivity contribution in [3.8, 4) is 0 Å². The molecule has 1 saturated carbocycles. The molecule has 4 nitrogen and oxygen atoms in total. The summed E-state index contributed by atoms with van der Waals surface area (Å²) in [6, 6.07) is 9.52. The van der Waals surface area contributed by atoms with Crippen molar-refractivity contribution in [2.45, 2.75) is 31.8 Å². The molecule has 0 heterocycles. The summed E-state index contributed by atoms with van der Waals surface area (Å²) in [6.45, 7) is 1.80. The van der Waals surface area contributed by atoms with E-state index in [-0.39, 0.29) is 18.2 Å². The van der Waals surface area contributed by atoms with Gasteiger partial charge in [-0.25, -0.2) is 13.1 Å². The molecule has 2 N–H and O–H groups in total. The van der Waals surface area contributed by atoms with Crippen LogP contribution in [0, 0.1) is 5.92 Å². The highest BCUT2D eigenvalue weighted by molar-refractivity contribution is 7.89. The highest BCUT2D eigenvalue weighted by Crippen LogP contribution is 2.39. The highest BCUT2D eigenvalue weighted by Gasteiger charge is 2.40. The molecule has 5 heteroatoms. The molecule has 0 spiro atoms. The molecule has 0 saturated heterocycles. The van der Waals surface area contributed by atoms with Gasteiger partial charge in [-0.05, 0) is 37.7 Å². The van der Waals surface area contributed by atoms with Crippen LogP contribution >= 0.6 is 0 Å². The van der Waals surface area contributed by atoms with E-state index >= 15 is 0 Å². The first-order valence-corrected chi connectivity index (χ1v) is 8.28. The van der Waals surface area contributed by atoms with Crippen molar-refractivity contribution in [1.29, 1.82) is 0 Å². The number of aryl methyl sites for hydroxylation is 1. The van der Waals surface area contributed by atoms with Crippen LogP contribution in [0.25, 0.3) is 0 Å². The summed E-state index contributed by atoms with van der Waals surface area (Å²) in [7, 11) is -3.33. The van der Waals surface area contributed by atoms with E-state index in [0.717, 1.165) is 18.4 Å². The van der Waals surface area contributed by atoms with Crippen LogP contribution < -0.4 is 4.72 Å². The third kappa shape index (κ3) is 4.60. The number of rotatable bonds is 7. The third-order valence-corrected chi connectivity index (χ3v) is 4.93. The maximum absolute atomic E-state index is 11.9. The molecular weight excluding hydrogens is 262 g/mol. The second-order valence-electron chi connectivity index (χ2n) is 5.51. The lowest BCUT2D eigenvalue weighted by Gasteiger charge is -2.23. The number of aliphatic hydroxyl groups is 1. The Bertz CT molecular complexity index is 507. The molecular formula is C14H21NO3S. The largest absolute Gasteiger partial charge is 0.389 e. The summed E-state index contributed by atoms with van der Waals surface area (Å²) >= 11 is 0. The minimum absolute atomic E-state index is 0.0533. The van der Waals surface area contributed by atoms with E-state index < -0.39 is 15.6 Å². The maximum Gasteiger partial charge on any atom is 0.212 e. The number of sulfonamides is 1. The standard InChI is InChI=1S/C14H21NO3S/c1-14(16,13-7-8-13)11-15-19(17,18)10-9-12-5-3-2-4-6-12/h2-6,13,15-16H,7-11H2,1H3. The predicted octanol–water partition coefficient (Wildman–Crippen LogP) is 1.31. The smallest absolute Gasteiger partial charge is 0.212 e. The zero-order chi connectivity index (χ0) is 13.9. The van der Waals surface area contributed by atoms with Crippen LogP contribution in [0.1, 0.15) is 25.3 Å². The molecule has 1 unspecified atom stereocenters. The summed E-state index contributed by atoms with van der Waals surface area (Å²) in [5.74, 6) is 0.293. The van der Waals surface area contributed by atoms with Crippen molar-refractivity contribution < 1.29 is 13.5 Å². The van der Waals surface area contributed by atoms with E-state index in [2.05, 4.69) is 4.72 Å². The molecule has 0 aliphatic heterocycles. The van der Waals surface area contributed by atoms with Gasteiger partial charge < -0.3 is 5.11 Å². The Morgan fingerprint density at radius 1 is 1.32 bits per heavy atom. The van der Waals surface area contributed by atoms with Gasteiger partial charge in [-0.3, -0.25) is 0 Å². The number of hydrogen-bond acceptors (Lipinski definition) is 3. The monoisotopic (exact) mass is 283 g/mol. The van der Waals surface area contributed by atoms with Gasteiger partial charge in [0.15, 0.2) is 0 Å². The van der Waals surface area contributed by atoms with E-state index in [0.29, 0.717) is 6.42 Å². The molecule has 2 rings (SSSR count). The van der Waals surface area contributed by atoms with Crippen LogP contribution in [0.3, 0.4) is 0 Å². The van der Waals surface area contributed by atoms with Crippen LogP contribution in [0.15, 0.2) is 30.3 Å². The molecule has 1 aliphatic rings. The molecule has 1 aliphatic carbocycles. The van der Waals surface area contributed by atoms with Crippen LogP contribution in [0.4, 0.5) is 0 Å². The van der Waals surface area contributed by atoms with Crippen LogP contribution in [0.2, 0.25) is 0 Å². The Morgan fingerprint density at radius 2 is 1.95 bits per heavy atom. The van der Waals surface area contributed by atoms with Gasteiger partial charge in [0.2, 0.25) is 10.0 Å². The van der Waals surface area contributed by atoms with E-state index in [4.69, 9.17) is 0 Å². The average molecular weight is 283 g/mol. The normalized spacial score (nSPS) is 19.1. The number of nitrogens with one attached hydrogen (secondary N) is 1. The first-order valence-electron chi connectivity index (χ1n) is 6.63. The summed E-state index contributed by atoms with van der Waals surface area (Å²) < 4.78 is 26.3. The van der Waals surface area contributed by atoms with Crippen LogP contribution in [-0.4, -0.2) is 31.4 Å². The molecule has 0 bridgehead atoms. The van der Waals surface area contributed by atoms with E-state index in [9.17, 15) is 13.5 Å². The van der Waals surface area contributed by atoms with Crippen molar-refractivity contribution in [1.82, 2.24) is 4.72 Å². The second-order valence-corrected chi connectivity index (χ2v) is 7.43. The lowest BCUT2D eigenvalue weighted by atomic mass is 10.0. The zero-order valence-electron chi connectivity index (χ0n) is 11.2. The van der Waals surface area contributed by atoms with Crippen molar-refractivity contribution in [3.63, 3.8) is 0 Å². The molecule has 1 aromatic rings. The molecule has 0 amide bonds. The Kier molecular flexibility index (Phi) is 4.28. The van der Waals surface area contributed by atoms with Crippen LogP contribution in [0.5, 0.6) is 0 Å². The minimum atomic E-state index is -3.33. The van der Waals surface area contributed by atoms with Gasteiger partial charge in [0.25, 0.3) is 0 Å². The fourth-order valence-corrected chi connectivity index (χ4v) is 3.24. The summed E-state index contributed by atoms with van der Waals surface area (Å²) in [5, 5.41) is 10.1. The van der Waals surface area contributed by atoms with Gasteiger partial charge in [0.05, 0.1) is 11.4 Å². The SMILES string of the molecule is CC(O)(CNS(=O)(=O)CCc1ccccc1)C1CC1. The van der Waals surface area contributed by atoms with Crippen molar-refractivity contribution >= 4 is 10.0 Å². The Hall–Kier alpha value is -0.910. The Labute approximate surface area is 114 Å². The van der Waals surface area contributed by atoms with Gasteiger partial charge in [0, 0.05) is 6.54 Å². The fraction of sp³-hybridized carbons (Fsp3) is 0.571. The molecule has 19 heavy (non-hydrogen) atoms. The van der Waals surface area contributed by atoms with Gasteiger partial charge in [-0.2, -0.15) is 0 Å². The molecule has 1 fully saturated rings. The zero-order valence-corrected chi connectivity index (χ0v) is 12.0. The first-order chi connectivity index (χ1) is 8.89. The van der Waals surface area contributed by atoms with Gasteiger partial charge >= 0.3 is 0 Å². The molecule has 106 valence electrons.